The van der Waals surface area contributed by atoms with Crippen LogP contribution in [0.4, 0.5) is 0 Å². The summed E-state index contributed by atoms with van der Waals surface area (Å²) in [6.07, 6.45) is 8.92. The predicted octanol–water partition coefficient (Wildman–Crippen LogP) is 4.25. The maximum Gasteiger partial charge on any atom is 0.110 e. The lowest BCUT2D eigenvalue weighted by atomic mass is 10.0. The van der Waals surface area contributed by atoms with Crippen LogP contribution >= 0.6 is 11.3 Å². The molecule has 0 saturated carbocycles. The van der Waals surface area contributed by atoms with Gasteiger partial charge in [-0.3, -0.25) is 0 Å². The summed E-state index contributed by atoms with van der Waals surface area (Å²) in [6.45, 7) is 6.72. The minimum atomic E-state index is 0.473. The summed E-state index contributed by atoms with van der Waals surface area (Å²) in [5.74, 6) is 0. The Bertz CT molecular complexity index is 347. The number of aryl methyl sites for hydroxylation is 2. The molecule has 102 valence electrons. The van der Waals surface area contributed by atoms with Gasteiger partial charge in [-0.25, -0.2) is 4.98 Å². The van der Waals surface area contributed by atoms with Gasteiger partial charge in [-0.1, -0.05) is 33.6 Å². The molecule has 0 bridgehead atoms. The molecule has 0 radical (unpaired) electrons. The zero-order chi connectivity index (χ0) is 13.0. The van der Waals surface area contributed by atoms with Gasteiger partial charge >= 0.3 is 0 Å². The van der Waals surface area contributed by atoms with E-state index in [1.807, 2.05) is 11.3 Å². The molecule has 1 aliphatic carbocycles. The molecular formula is C15H26N2S. The molecule has 1 aliphatic rings. The maximum atomic E-state index is 4.91. The highest BCUT2D eigenvalue weighted by Crippen LogP contribution is 2.31. The molecule has 1 heterocycles. The molecule has 2 rings (SSSR count). The van der Waals surface area contributed by atoms with E-state index in [4.69, 9.17) is 4.98 Å². The lowest BCUT2D eigenvalue weighted by Crippen LogP contribution is -2.28. The van der Waals surface area contributed by atoms with Gasteiger partial charge < -0.3 is 5.32 Å². The van der Waals surface area contributed by atoms with E-state index in [-0.39, 0.29) is 0 Å². The second-order valence-electron chi connectivity index (χ2n) is 5.65. The van der Waals surface area contributed by atoms with Gasteiger partial charge in [0, 0.05) is 10.9 Å². The summed E-state index contributed by atoms with van der Waals surface area (Å²) in [5, 5.41) is 5.03. The summed E-state index contributed by atoms with van der Waals surface area (Å²) in [6, 6.07) is 1.01. The van der Waals surface area contributed by atoms with Crippen molar-refractivity contribution in [3.05, 3.63) is 15.6 Å². The van der Waals surface area contributed by atoms with Crippen molar-refractivity contribution in [1.82, 2.24) is 10.3 Å². The van der Waals surface area contributed by atoms with Crippen molar-refractivity contribution in [2.24, 2.45) is 0 Å². The number of aromatic nitrogens is 1. The van der Waals surface area contributed by atoms with Crippen molar-refractivity contribution in [2.75, 3.05) is 0 Å². The molecule has 18 heavy (non-hydrogen) atoms. The van der Waals surface area contributed by atoms with Gasteiger partial charge in [-0.05, 0) is 32.1 Å². The molecule has 1 aromatic heterocycles. The van der Waals surface area contributed by atoms with Crippen molar-refractivity contribution >= 4 is 11.3 Å². The first-order valence-electron chi connectivity index (χ1n) is 7.45. The molecule has 0 amide bonds. The average Bonchev–Trinajstić information content (AvgIpc) is 2.77. The van der Waals surface area contributed by atoms with Gasteiger partial charge in [-0.2, -0.15) is 0 Å². The number of fused-ring (bicyclic) bond motifs is 1. The molecular weight excluding hydrogens is 240 g/mol. The minimum absolute atomic E-state index is 0.473. The monoisotopic (exact) mass is 266 g/mol. The van der Waals surface area contributed by atoms with Crippen LogP contribution in [0.2, 0.25) is 0 Å². The largest absolute Gasteiger partial charge is 0.306 e. The number of hydrogen-bond donors (Lipinski definition) is 1. The fourth-order valence-corrected chi connectivity index (χ4v) is 3.86. The molecule has 0 saturated heterocycles. The van der Waals surface area contributed by atoms with Crippen LogP contribution in [0.5, 0.6) is 0 Å². The van der Waals surface area contributed by atoms with Crippen LogP contribution in [0.15, 0.2) is 0 Å². The van der Waals surface area contributed by atoms with E-state index < -0.39 is 0 Å². The quantitative estimate of drug-likeness (QED) is 0.832. The van der Waals surface area contributed by atoms with Crippen LogP contribution in [0.25, 0.3) is 0 Å². The Labute approximate surface area is 115 Å². The topological polar surface area (TPSA) is 24.9 Å². The Kier molecular flexibility index (Phi) is 5.19. The van der Waals surface area contributed by atoms with Gasteiger partial charge in [0.25, 0.3) is 0 Å². The van der Waals surface area contributed by atoms with E-state index in [9.17, 15) is 0 Å². The Morgan fingerprint density at radius 1 is 1.28 bits per heavy atom. The highest BCUT2D eigenvalue weighted by Gasteiger charge is 2.20. The van der Waals surface area contributed by atoms with Crippen molar-refractivity contribution in [2.45, 2.75) is 77.8 Å². The van der Waals surface area contributed by atoms with Gasteiger partial charge in [0.15, 0.2) is 0 Å². The summed E-state index contributed by atoms with van der Waals surface area (Å²) in [5.41, 5.74) is 1.40. The highest BCUT2D eigenvalue weighted by atomic mass is 32.1. The number of thiazole rings is 1. The zero-order valence-corrected chi connectivity index (χ0v) is 12.8. The van der Waals surface area contributed by atoms with Crippen molar-refractivity contribution in [3.8, 4) is 0 Å². The van der Waals surface area contributed by atoms with Crippen molar-refractivity contribution in [1.29, 1.82) is 0 Å². The third-order valence-electron chi connectivity index (χ3n) is 3.54. The number of unbranched alkanes of at least 4 members (excludes halogenated alkanes) is 1. The third-order valence-corrected chi connectivity index (χ3v) is 4.81. The first kappa shape index (κ1) is 14.0. The van der Waals surface area contributed by atoms with Crippen LogP contribution in [-0.2, 0) is 12.8 Å². The van der Waals surface area contributed by atoms with E-state index in [1.165, 1.54) is 55.6 Å². The predicted molar refractivity (Wildman–Crippen MR) is 79.3 cm³/mol. The third kappa shape index (κ3) is 3.55. The van der Waals surface area contributed by atoms with Gasteiger partial charge in [0.05, 0.1) is 11.7 Å². The molecule has 0 fully saturated rings. The second kappa shape index (κ2) is 6.67. The van der Waals surface area contributed by atoms with Gasteiger partial charge in [0.2, 0.25) is 0 Å². The highest BCUT2D eigenvalue weighted by molar-refractivity contribution is 7.11. The molecule has 0 aromatic carbocycles. The Balaban J connectivity index is 2.10. The fourth-order valence-electron chi connectivity index (χ4n) is 2.61. The minimum Gasteiger partial charge on any atom is -0.306 e. The summed E-state index contributed by atoms with van der Waals surface area (Å²) < 4.78 is 0. The first-order chi connectivity index (χ1) is 8.70. The van der Waals surface area contributed by atoms with Crippen molar-refractivity contribution < 1.29 is 0 Å². The SMILES string of the molecule is CCCCC(NC(C)C)c1nc2c(s1)CCCC2. The first-order valence-corrected chi connectivity index (χ1v) is 8.27. The number of hydrogen-bond acceptors (Lipinski definition) is 3. The Hall–Kier alpha value is -0.410. The van der Waals surface area contributed by atoms with Crippen LogP contribution in [0, 0.1) is 0 Å². The molecule has 0 aliphatic heterocycles. The van der Waals surface area contributed by atoms with E-state index in [1.54, 1.807) is 4.88 Å². The molecule has 3 heteroatoms. The number of nitrogens with one attached hydrogen (secondary N) is 1. The second-order valence-corrected chi connectivity index (χ2v) is 6.76. The Morgan fingerprint density at radius 3 is 2.72 bits per heavy atom. The lowest BCUT2D eigenvalue weighted by molar-refractivity contribution is 0.438. The van der Waals surface area contributed by atoms with E-state index in [2.05, 4.69) is 26.1 Å². The van der Waals surface area contributed by atoms with Crippen LogP contribution < -0.4 is 5.32 Å². The molecule has 2 nitrogen and oxygen atoms in total. The fraction of sp³-hybridized carbons (Fsp3) is 0.800. The molecule has 1 unspecified atom stereocenters. The van der Waals surface area contributed by atoms with Crippen LogP contribution in [-0.4, -0.2) is 11.0 Å². The molecule has 1 aromatic rings. The van der Waals surface area contributed by atoms with Gasteiger partial charge in [0.1, 0.15) is 5.01 Å². The average molecular weight is 266 g/mol. The Morgan fingerprint density at radius 2 is 2.06 bits per heavy atom. The smallest absolute Gasteiger partial charge is 0.110 e. The summed E-state index contributed by atoms with van der Waals surface area (Å²) >= 11 is 1.96. The molecule has 1 N–H and O–H groups in total. The molecule has 0 spiro atoms. The summed E-state index contributed by atoms with van der Waals surface area (Å²) in [4.78, 5) is 6.47. The number of nitrogens with zero attached hydrogens (tertiary/aromatic N) is 1. The standard InChI is InChI=1S/C15H26N2S/c1-4-5-8-13(16-11(2)3)15-17-12-9-6-7-10-14(12)18-15/h11,13,16H,4-10H2,1-3H3. The van der Waals surface area contributed by atoms with Gasteiger partial charge in [-0.15, -0.1) is 11.3 Å². The van der Waals surface area contributed by atoms with Crippen LogP contribution in [0.1, 0.15) is 74.5 Å². The summed E-state index contributed by atoms with van der Waals surface area (Å²) in [7, 11) is 0. The normalized spacial score (nSPS) is 16.9. The number of rotatable bonds is 6. The van der Waals surface area contributed by atoms with E-state index >= 15 is 0 Å². The molecule has 1 atom stereocenters. The van der Waals surface area contributed by atoms with Crippen molar-refractivity contribution in [3.63, 3.8) is 0 Å². The maximum absolute atomic E-state index is 4.91. The van der Waals surface area contributed by atoms with E-state index in [0.717, 1.165) is 0 Å². The van der Waals surface area contributed by atoms with Crippen LogP contribution in [0.3, 0.4) is 0 Å². The van der Waals surface area contributed by atoms with E-state index in [0.29, 0.717) is 12.1 Å². The lowest BCUT2D eigenvalue weighted by Gasteiger charge is -2.18. The zero-order valence-electron chi connectivity index (χ0n) is 12.0.